The lowest BCUT2D eigenvalue weighted by Gasteiger charge is -2.26. The highest BCUT2D eigenvalue weighted by Crippen LogP contribution is 2.20. The van der Waals surface area contributed by atoms with E-state index >= 15 is 0 Å². The molecule has 0 bridgehead atoms. The Hall–Kier alpha value is -3.71. The van der Waals surface area contributed by atoms with Crippen LogP contribution in [-0.4, -0.2) is 22.1 Å². The summed E-state index contributed by atoms with van der Waals surface area (Å²) in [4.78, 5) is 17.9. The van der Waals surface area contributed by atoms with Crippen LogP contribution in [0, 0.1) is 19.7 Å². The number of aryl methyl sites for hydroxylation is 2. The fraction of sp³-hybridized carbons (Fsp3) is 0.185. The van der Waals surface area contributed by atoms with E-state index in [0.717, 1.165) is 39.0 Å². The van der Waals surface area contributed by atoms with Gasteiger partial charge in [-0.15, -0.1) is 0 Å². The Labute approximate surface area is 203 Å². The molecular weight excluding hydrogens is 449 g/mol. The van der Waals surface area contributed by atoms with Gasteiger partial charge in [-0.3, -0.25) is 4.79 Å². The van der Waals surface area contributed by atoms with Gasteiger partial charge >= 0.3 is 0 Å². The van der Waals surface area contributed by atoms with Crippen molar-refractivity contribution in [3.63, 3.8) is 0 Å². The van der Waals surface area contributed by atoms with Crippen LogP contribution in [-0.2, 0) is 13.1 Å². The number of ether oxygens (including phenoxy) is 1. The van der Waals surface area contributed by atoms with Crippen LogP contribution in [0.5, 0.6) is 5.75 Å². The molecule has 34 heavy (non-hydrogen) atoms. The molecule has 0 aliphatic heterocycles. The Balaban J connectivity index is 1.65. The Kier molecular flexibility index (Phi) is 6.93. The largest absolute Gasteiger partial charge is 0.497 e. The van der Waals surface area contributed by atoms with E-state index in [-0.39, 0.29) is 17.9 Å². The molecule has 3 aromatic carbocycles. The molecular formula is C27H26FN3O2S. The fourth-order valence-corrected chi connectivity index (χ4v) is 4.19. The summed E-state index contributed by atoms with van der Waals surface area (Å²) in [7, 11) is 1.61. The van der Waals surface area contributed by atoms with E-state index in [2.05, 4.69) is 16.4 Å². The van der Waals surface area contributed by atoms with Gasteiger partial charge in [-0.05, 0) is 91.1 Å². The molecule has 1 heterocycles. The van der Waals surface area contributed by atoms with Gasteiger partial charge in [-0.2, -0.15) is 0 Å². The van der Waals surface area contributed by atoms with Crippen molar-refractivity contribution in [1.82, 2.24) is 9.88 Å². The van der Waals surface area contributed by atoms with Crippen LogP contribution in [0.2, 0.25) is 0 Å². The number of aromatic nitrogens is 1. The van der Waals surface area contributed by atoms with Gasteiger partial charge in [-0.1, -0.05) is 23.8 Å². The van der Waals surface area contributed by atoms with Crippen LogP contribution in [0.25, 0.3) is 10.9 Å². The minimum atomic E-state index is -0.300. The maximum atomic E-state index is 13.4. The van der Waals surface area contributed by atoms with Gasteiger partial charge in [0.25, 0.3) is 5.56 Å². The monoisotopic (exact) mass is 475 g/mol. The third-order valence-electron chi connectivity index (χ3n) is 5.65. The van der Waals surface area contributed by atoms with E-state index in [1.54, 1.807) is 19.2 Å². The lowest BCUT2D eigenvalue weighted by Crippen LogP contribution is -2.35. The lowest BCUT2D eigenvalue weighted by molar-refractivity contribution is 0.410. The van der Waals surface area contributed by atoms with Gasteiger partial charge < -0.3 is 19.9 Å². The van der Waals surface area contributed by atoms with Crippen LogP contribution in [0.3, 0.4) is 0 Å². The molecule has 7 heteroatoms. The van der Waals surface area contributed by atoms with Crippen molar-refractivity contribution in [3.05, 3.63) is 105 Å². The van der Waals surface area contributed by atoms with Gasteiger partial charge in [0.1, 0.15) is 11.6 Å². The quantitative estimate of drug-likeness (QED) is 0.351. The first-order valence-corrected chi connectivity index (χ1v) is 11.3. The third kappa shape index (κ3) is 5.43. The molecule has 4 aromatic rings. The Bertz CT molecular complexity index is 1380. The summed E-state index contributed by atoms with van der Waals surface area (Å²) in [5, 5.41) is 4.66. The van der Waals surface area contributed by atoms with Crippen molar-refractivity contribution < 1.29 is 9.13 Å². The molecule has 4 rings (SSSR count). The van der Waals surface area contributed by atoms with Gasteiger partial charge in [0.2, 0.25) is 0 Å². The number of thiocarbonyl (C=S) groups is 1. The molecule has 0 amide bonds. The third-order valence-corrected chi connectivity index (χ3v) is 6.01. The Morgan fingerprint density at radius 3 is 2.41 bits per heavy atom. The lowest BCUT2D eigenvalue weighted by atomic mass is 10.1. The Morgan fingerprint density at radius 2 is 1.74 bits per heavy atom. The highest BCUT2D eigenvalue weighted by molar-refractivity contribution is 7.80. The number of nitrogens with one attached hydrogen (secondary N) is 2. The average molecular weight is 476 g/mol. The van der Waals surface area contributed by atoms with E-state index in [0.29, 0.717) is 17.2 Å². The van der Waals surface area contributed by atoms with E-state index in [4.69, 9.17) is 17.0 Å². The molecule has 0 aliphatic carbocycles. The van der Waals surface area contributed by atoms with Gasteiger partial charge in [0.05, 0.1) is 19.2 Å². The van der Waals surface area contributed by atoms with Crippen molar-refractivity contribution in [1.29, 1.82) is 0 Å². The van der Waals surface area contributed by atoms with Crippen molar-refractivity contribution in [2.75, 3.05) is 12.4 Å². The number of rotatable bonds is 6. The maximum absolute atomic E-state index is 13.4. The van der Waals surface area contributed by atoms with Gasteiger partial charge in [0.15, 0.2) is 5.11 Å². The molecule has 0 saturated heterocycles. The first kappa shape index (κ1) is 23.4. The maximum Gasteiger partial charge on any atom is 0.253 e. The number of aromatic amines is 1. The number of H-pyrrole nitrogens is 1. The van der Waals surface area contributed by atoms with Gasteiger partial charge in [-0.25, -0.2) is 4.39 Å². The predicted octanol–water partition coefficient (Wildman–Crippen LogP) is 5.69. The standard InChI is InChI=1S/C27H26FN3O2S/c1-17-12-18(2)25-20(13-17)14-21(26(32)30-25)16-31(15-19-4-6-22(28)7-5-19)27(34)29-23-8-10-24(33-3)11-9-23/h4-14H,15-16H2,1-3H3,(H,29,34)(H,30,32). The van der Waals surface area contributed by atoms with E-state index < -0.39 is 0 Å². The second-order valence-electron chi connectivity index (χ2n) is 8.31. The smallest absolute Gasteiger partial charge is 0.253 e. The molecule has 0 saturated carbocycles. The first-order chi connectivity index (χ1) is 16.3. The van der Waals surface area contributed by atoms with Crippen LogP contribution in [0.15, 0.2) is 71.5 Å². The zero-order valence-electron chi connectivity index (χ0n) is 19.3. The van der Waals surface area contributed by atoms with Crippen LogP contribution in [0.1, 0.15) is 22.3 Å². The van der Waals surface area contributed by atoms with Crippen molar-refractivity contribution in [3.8, 4) is 5.75 Å². The molecule has 5 nitrogen and oxygen atoms in total. The summed E-state index contributed by atoms with van der Waals surface area (Å²) in [6.07, 6.45) is 0. The molecule has 0 unspecified atom stereocenters. The fourth-order valence-electron chi connectivity index (χ4n) is 3.94. The van der Waals surface area contributed by atoms with Gasteiger partial charge in [0, 0.05) is 17.8 Å². The molecule has 0 aliphatic rings. The molecule has 1 aromatic heterocycles. The first-order valence-electron chi connectivity index (χ1n) is 10.9. The number of halogens is 1. The Morgan fingerprint density at radius 1 is 1.03 bits per heavy atom. The minimum Gasteiger partial charge on any atom is -0.497 e. The SMILES string of the molecule is COc1ccc(NC(=S)N(Cc2ccc(F)cc2)Cc2cc3cc(C)cc(C)c3[nH]c2=O)cc1. The average Bonchev–Trinajstić information content (AvgIpc) is 2.81. The summed E-state index contributed by atoms with van der Waals surface area (Å²) < 4.78 is 18.7. The van der Waals surface area contributed by atoms with Crippen molar-refractivity contribution in [2.24, 2.45) is 0 Å². The van der Waals surface area contributed by atoms with E-state index in [9.17, 15) is 9.18 Å². The summed E-state index contributed by atoms with van der Waals surface area (Å²) >= 11 is 5.72. The number of hydrogen-bond acceptors (Lipinski definition) is 3. The summed E-state index contributed by atoms with van der Waals surface area (Å²) in [5.41, 5.74) is 5.11. The second-order valence-corrected chi connectivity index (χ2v) is 8.70. The van der Waals surface area contributed by atoms with Crippen LogP contribution in [0.4, 0.5) is 10.1 Å². The predicted molar refractivity (Wildman–Crippen MR) is 139 cm³/mol. The number of fused-ring (bicyclic) bond motifs is 1. The summed E-state index contributed by atoms with van der Waals surface area (Å²) in [6.45, 7) is 4.72. The zero-order valence-corrected chi connectivity index (χ0v) is 20.1. The van der Waals surface area contributed by atoms with Crippen LogP contribution < -0.4 is 15.6 Å². The molecule has 2 N–H and O–H groups in total. The molecule has 0 atom stereocenters. The zero-order chi connectivity index (χ0) is 24.2. The van der Waals surface area contributed by atoms with E-state index in [1.165, 1.54) is 12.1 Å². The number of methoxy groups -OCH3 is 1. The summed E-state index contributed by atoms with van der Waals surface area (Å²) in [6, 6.07) is 19.7. The topological polar surface area (TPSA) is 57.4 Å². The minimum absolute atomic E-state index is 0.157. The number of hydrogen-bond donors (Lipinski definition) is 2. The molecule has 0 fully saturated rings. The normalized spacial score (nSPS) is 10.8. The van der Waals surface area contributed by atoms with Crippen LogP contribution >= 0.6 is 12.2 Å². The highest BCUT2D eigenvalue weighted by atomic mass is 32.1. The molecule has 0 spiro atoms. The number of nitrogens with zero attached hydrogens (tertiary/aromatic N) is 1. The summed E-state index contributed by atoms with van der Waals surface area (Å²) in [5.74, 6) is 0.443. The number of benzene rings is 3. The second kappa shape index (κ2) is 10.1. The van der Waals surface area contributed by atoms with Crippen molar-refractivity contribution >= 4 is 33.9 Å². The van der Waals surface area contributed by atoms with E-state index in [1.807, 2.05) is 55.1 Å². The number of pyridine rings is 1. The molecule has 174 valence electrons. The molecule has 0 radical (unpaired) electrons. The van der Waals surface area contributed by atoms with Crippen molar-refractivity contribution in [2.45, 2.75) is 26.9 Å². The number of anilines is 1. The highest BCUT2D eigenvalue weighted by Gasteiger charge is 2.15.